The molecule has 2 rings (SSSR count). The van der Waals surface area contributed by atoms with E-state index in [0.29, 0.717) is 12.1 Å². The molecular weight excluding hydrogens is 278 g/mol. The zero-order chi connectivity index (χ0) is 14.8. The van der Waals surface area contributed by atoms with E-state index < -0.39 is 15.6 Å². The van der Waals surface area contributed by atoms with Gasteiger partial charge in [0.05, 0.1) is 10.4 Å². The summed E-state index contributed by atoms with van der Waals surface area (Å²) in [5, 5.41) is 11.1. The van der Waals surface area contributed by atoms with Crippen molar-refractivity contribution >= 4 is 21.6 Å². The fourth-order valence-corrected chi connectivity index (χ4v) is 2.96. The quantitative estimate of drug-likeness (QED) is 0.765. The highest BCUT2D eigenvalue weighted by molar-refractivity contribution is 7.89. The van der Waals surface area contributed by atoms with Crippen molar-refractivity contribution in [2.45, 2.75) is 36.6 Å². The molecule has 1 heterocycles. The summed E-state index contributed by atoms with van der Waals surface area (Å²) in [7, 11) is -3.71. The summed E-state index contributed by atoms with van der Waals surface area (Å²) in [6.07, 6.45) is 2.50. The maximum atomic E-state index is 12.3. The lowest BCUT2D eigenvalue weighted by atomic mass is 9.93. The molecule has 4 N–H and O–H groups in total. The second-order valence-electron chi connectivity index (χ2n) is 4.99. The third kappa shape index (κ3) is 3.00. The topological polar surface area (TPSA) is 101 Å². The van der Waals surface area contributed by atoms with Crippen molar-refractivity contribution < 1.29 is 13.2 Å². The van der Waals surface area contributed by atoms with Crippen LogP contribution in [0, 0.1) is 0 Å². The fraction of sp³-hybridized carbons (Fsp3) is 0.462. The Labute approximate surface area is 118 Å². The van der Waals surface area contributed by atoms with E-state index in [0.717, 1.165) is 19.4 Å². The maximum absolute atomic E-state index is 12.3. The molecule has 0 radical (unpaired) electrons. The first-order chi connectivity index (χ1) is 9.37. The van der Waals surface area contributed by atoms with Gasteiger partial charge in [-0.25, -0.2) is 13.6 Å². The lowest BCUT2D eigenvalue weighted by molar-refractivity contribution is -0.122. The fourth-order valence-electron chi connectivity index (χ4n) is 2.44. The summed E-state index contributed by atoms with van der Waals surface area (Å²) < 4.78 is 22.3. The summed E-state index contributed by atoms with van der Waals surface area (Å²) in [5.41, 5.74) is 0.0439. The molecule has 1 amide bonds. The predicted octanol–water partition coefficient (Wildman–Crippen LogP) is 0.805. The molecule has 1 aromatic carbocycles. The molecule has 20 heavy (non-hydrogen) atoms. The molecule has 1 aliphatic rings. The van der Waals surface area contributed by atoms with Gasteiger partial charge >= 0.3 is 0 Å². The minimum Gasteiger partial charge on any atom is -0.324 e. The zero-order valence-electron chi connectivity index (χ0n) is 11.3. The van der Waals surface area contributed by atoms with Crippen LogP contribution in [-0.4, -0.2) is 26.4 Å². The highest BCUT2D eigenvalue weighted by Gasteiger charge is 2.38. The van der Waals surface area contributed by atoms with E-state index in [-0.39, 0.29) is 10.8 Å². The van der Waals surface area contributed by atoms with Crippen LogP contribution in [0.25, 0.3) is 0 Å². The third-order valence-electron chi connectivity index (χ3n) is 3.72. The number of rotatable bonds is 4. The normalized spacial score (nSPS) is 22.7. The van der Waals surface area contributed by atoms with Crippen LogP contribution in [0.3, 0.4) is 0 Å². The van der Waals surface area contributed by atoms with E-state index in [1.54, 1.807) is 0 Å². The first kappa shape index (κ1) is 15.0. The molecule has 1 saturated heterocycles. The van der Waals surface area contributed by atoms with Crippen LogP contribution >= 0.6 is 0 Å². The van der Waals surface area contributed by atoms with E-state index >= 15 is 0 Å². The summed E-state index contributed by atoms with van der Waals surface area (Å²) >= 11 is 0. The number of nitrogens with one attached hydrogen (secondary N) is 2. The molecule has 0 saturated carbocycles. The Balaban J connectivity index is 2.12. The van der Waals surface area contributed by atoms with Crippen molar-refractivity contribution in [2.24, 2.45) is 5.14 Å². The molecule has 110 valence electrons. The molecule has 7 heteroatoms. The summed E-state index contributed by atoms with van der Waals surface area (Å²) in [6.45, 7) is 2.81. The summed E-state index contributed by atoms with van der Waals surface area (Å²) in [4.78, 5) is 12.4. The molecule has 1 aliphatic heterocycles. The highest BCUT2D eigenvalue weighted by Crippen LogP contribution is 2.25. The lowest BCUT2D eigenvalue weighted by Crippen LogP contribution is -2.50. The summed E-state index contributed by atoms with van der Waals surface area (Å²) in [6, 6.07) is 5.84. The van der Waals surface area contributed by atoms with Gasteiger partial charge in [-0.2, -0.15) is 0 Å². The van der Waals surface area contributed by atoms with Gasteiger partial charge in [0.2, 0.25) is 15.9 Å². The van der Waals surface area contributed by atoms with Crippen LogP contribution in [0.15, 0.2) is 29.2 Å². The smallest absolute Gasteiger partial charge is 0.244 e. The van der Waals surface area contributed by atoms with Gasteiger partial charge in [-0.1, -0.05) is 6.92 Å². The Morgan fingerprint density at radius 2 is 2.05 bits per heavy atom. The van der Waals surface area contributed by atoms with E-state index in [9.17, 15) is 13.2 Å². The number of anilines is 1. The van der Waals surface area contributed by atoms with Gasteiger partial charge in [0.1, 0.15) is 0 Å². The van der Waals surface area contributed by atoms with Gasteiger partial charge in [-0.3, -0.25) is 4.79 Å². The summed E-state index contributed by atoms with van der Waals surface area (Å²) in [5.74, 6) is -0.0825. The molecule has 0 aromatic heterocycles. The lowest BCUT2D eigenvalue weighted by Gasteiger charge is -2.26. The van der Waals surface area contributed by atoms with Gasteiger partial charge in [-0.05, 0) is 50.1 Å². The monoisotopic (exact) mass is 297 g/mol. The second kappa shape index (κ2) is 5.51. The SMILES string of the molecule is CCC1(C(=O)Nc2ccc(S(N)(=O)=O)cc2)CCCN1. The van der Waals surface area contributed by atoms with E-state index in [1.807, 2.05) is 6.92 Å². The number of benzene rings is 1. The Hall–Kier alpha value is -1.44. The van der Waals surface area contributed by atoms with Crippen LogP contribution in [0.2, 0.25) is 0 Å². The number of nitrogens with two attached hydrogens (primary N) is 1. The largest absolute Gasteiger partial charge is 0.324 e. The van der Waals surface area contributed by atoms with E-state index in [4.69, 9.17) is 5.14 Å². The number of hydrogen-bond acceptors (Lipinski definition) is 4. The number of sulfonamides is 1. The standard InChI is InChI=1S/C13H19N3O3S/c1-2-13(8-3-9-15-13)12(17)16-10-4-6-11(7-5-10)20(14,18)19/h4-7,15H,2-3,8-9H2,1H3,(H,16,17)(H2,14,18,19). The Morgan fingerprint density at radius 1 is 1.40 bits per heavy atom. The number of primary sulfonamides is 1. The van der Waals surface area contributed by atoms with E-state index in [2.05, 4.69) is 10.6 Å². The third-order valence-corrected chi connectivity index (χ3v) is 4.65. The second-order valence-corrected chi connectivity index (χ2v) is 6.55. The van der Waals surface area contributed by atoms with Crippen LogP contribution in [0.5, 0.6) is 0 Å². The van der Waals surface area contributed by atoms with Crippen molar-refractivity contribution in [1.29, 1.82) is 0 Å². The van der Waals surface area contributed by atoms with E-state index in [1.165, 1.54) is 24.3 Å². The first-order valence-electron chi connectivity index (χ1n) is 6.57. The van der Waals surface area contributed by atoms with Gasteiger partial charge in [-0.15, -0.1) is 0 Å². The first-order valence-corrected chi connectivity index (χ1v) is 8.11. The van der Waals surface area contributed by atoms with Crippen molar-refractivity contribution in [2.75, 3.05) is 11.9 Å². The van der Waals surface area contributed by atoms with Gasteiger partial charge in [0.15, 0.2) is 0 Å². The molecular formula is C13H19N3O3S. The van der Waals surface area contributed by atoms with Crippen LogP contribution in [0.4, 0.5) is 5.69 Å². The van der Waals surface area contributed by atoms with Crippen LogP contribution in [-0.2, 0) is 14.8 Å². The van der Waals surface area contributed by atoms with Gasteiger partial charge < -0.3 is 10.6 Å². The van der Waals surface area contributed by atoms with Crippen LogP contribution < -0.4 is 15.8 Å². The maximum Gasteiger partial charge on any atom is 0.244 e. The molecule has 0 bridgehead atoms. The van der Waals surface area contributed by atoms with Crippen molar-refractivity contribution in [1.82, 2.24) is 5.32 Å². The zero-order valence-corrected chi connectivity index (χ0v) is 12.2. The number of amides is 1. The Kier molecular flexibility index (Phi) is 4.12. The molecule has 0 spiro atoms. The Morgan fingerprint density at radius 3 is 2.50 bits per heavy atom. The molecule has 6 nitrogen and oxygen atoms in total. The Bertz CT molecular complexity index is 590. The molecule has 0 aliphatic carbocycles. The van der Waals surface area contributed by atoms with Gasteiger partial charge in [0, 0.05) is 5.69 Å². The number of carbonyl (C=O) groups is 1. The average molecular weight is 297 g/mol. The predicted molar refractivity (Wildman–Crippen MR) is 76.7 cm³/mol. The van der Waals surface area contributed by atoms with Crippen molar-refractivity contribution in [3.63, 3.8) is 0 Å². The van der Waals surface area contributed by atoms with Crippen molar-refractivity contribution in [3.8, 4) is 0 Å². The van der Waals surface area contributed by atoms with Crippen LogP contribution in [0.1, 0.15) is 26.2 Å². The van der Waals surface area contributed by atoms with Gasteiger partial charge in [0.25, 0.3) is 0 Å². The average Bonchev–Trinajstić information content (AvgIpc) is 2.88. The minimum atomic E-state index is -3.71. The highest BCUT2D eigenvalue weighted by atomic mass is 32.2. The number of carbonyl (C=O) groups excluding carboxylic acids is 1. The molecule has 1 atom stereocenters. The minimum absolute atomic E-state index is 0.0275. The molecule has 1 aromatic rings. The number of hydrogen-bond donors (Lipinski definition) is 3. The van der Waals surface area contributed by atoms with Crippen molar-refractivity contribution in [3.05, 3.63) is 24.3 Å². The molecule has 1 fully saturated rings. The molecule has 1 unspecified atom stereocenters.